The minimum Gasteiger partial charge on any atom is -0.456 e. The van der Waals surface area contributed by atoms with E-state index in [0.29, 0.717) is 18.9 Å². The number of hydrogen-bond acceptors (Lipinski definition) is 4. The van der Waals surface area contributed by atoms with Crippen molar-refractivity contribution in [2.24, 2.45) is 17.8 Å². The van der Waals surface area contributed by atoms with Crippen molar-refractivity contribution in [3.63, 3.8) is 0 Å². The first kappa shape index (κ1) is 15.5. The van der Waals surface area contributed by atoms with E-state index in [4.69, 9.17) is 4.74 Å². The van der Waals surface area contributed by atoms with E-state index >= 15 is 0 Å². The van der Waals surface area contributed by atoms with Crippen LogP contribution in [-0.4, -0.2) is 25.0 Å². The second-order valence-electron chi connectivity index (χ2n) is 6.48. The smallest absolute Gasteiger partial charge is 0.306 e. The van der Waals surface area contributed by atoms with E-state index in [0.717, 1.165) is 18.3 Å². The van der Waals surface area contributed by atoms with E-state index in [9.17, 15) is 9.59 Å². The quantitative estimate of drug-likeness (QED) is 0.786. The number of carbonyl (C=O) groups excluding carboxylic acids is 2. The summed E-state index contributed by atoms with van der Waals surface area (Å²) in [6.45, 7) is 0.438. The van der Waals surface area contributed by atoms with E-state index in [1.54, 1.807) is 11.3 Å². The van der Waals surface area contributed by atoms with Crippen LogP contribution in [0.25, 0.3) is 0 Å². The lowest BCUT2D eigenvalue weighted by atomic mass is 9.86. The Kier molecular flexibility index (Phi) is 5.13. The van der Waals surface area contributed by atoms with Crippen LogP contribution in [0.5, 0.6) is 0 Å². The molecular weight excluding hydrogens is 298 g/mol. The molecule has 2 fully saturated rings. The van der Waals surface area contributed by atoms with Crippen LogP contribution < -0.4 is 5.32 Å². The topological polar surface area (TPSA) is 55.4 Å². The van der Waals surface area contributed by atoms with Gasteiger partial charge in [-0.2, -0.15) is 0 Å². The highest BCUT2D eigenvalue weighted by Gasteiger charge is 2.40. The standard InChI is InChI=1S/C17H23NO3S/c19-16(18-6-5-15-2-1-7-22-15)11-21-17(20)10-14-9-12-3-4-13(14)8-12/h1-2,7,12-14H,3-6,8-11H2,(H,18,19)/t12-,13-,14+/m1/s1. The van der Waals surface area contributed by atoms with Crippen molar-refractivity contribution in [2.45, 2.75) is 38.5 Å². The van der Waals surface area contributed by atoms with Crippen LogP contribution in [-0.2, 0) is 20.7 Å². The van der Waals surface area contributed by atoms with Crippen LogP contribution in [0.1, 0.15) is 37.0 Å². The number of fused-ring (bicyclic) bond motifs is 2. The third kappa shape index (κ3) is 4.09. The van der Waals surface area contributed by atoms with Gasteiger partial charge in [-0.05, 0) is 54.9 Å². The third-order valence-corrected chi connectivity index (χ3v) is 5.89. The number of nitrogens with one attached hydrogen (secondary N) is 1. The van der Waals surface area contributed by atoms with Gasteiger partial charge in [-0.15, -0.1) is 11.3 Å². The lowest BCUT2D eigenvalue weighted by molar-refractivity contribution is -0.149. The van der Waals surface area contributed by atoms with Gasteiger partial charge in [0.2, 0.25) is 0 Å². The molecule has 2 aliphatic carbocycles. The summed E-state index contributed by atoms with van der Waals surface area (Å²) >= 11 is 1.68. The lowest BCUT2D eigenvalue weighted by Crippen LogP contribution is -2.30. The zero-order chi connectivity index (χ0) is 15.4. The first-order valence-corrected chi connectivity index (χ1v) is 9.03. The Morgan fingerprint density at radius 1 is 1.32 bits per heavy atom. The van der Waals surface area contributed by atoms with Crippen LogP contribution in [0.3, 0.4) is 0 Å². The predicted octanol–water partition coefficient (Wildman–Crippen LogP) is 2.78. The second-order valence-corrected chi connectivity index (χ2v) is 7.51. The molecule has 2 saturated carbocycles. The Morgan fingerprint density at radius 2 is 2.23 bits per heavy atom. The van der Waals surface area contributed by atoms with Crippen LogP contribution in [0.15, 0.2) is 17.5 Å². The first-order valence-electron chi connectivity index (χ1n) is 8.15. The lowest BCUT2D eigenvalue weighted by Gasteiger charge is -2.20. The summed E-state index contributed by atoms with van der Waals surface area (Å²) in [5.41, 5.74) is 0. The van der Waals surface area contributed by atoms with Crippen LogP contribution in [0.2, 0.25) is 0 Å². The molecule has 0 aliphatic heterocycles. The van der Waals surface area contributed by atoms with Crippen LogP contribution >= 0.6 is 11.3 Å². The highest BCUT2D eigenvalue weighted by Crippen LogP contribution is 2.49. The minimum atomic E-state index is -0.217. The molecule has 0 unspecified atom stereocenters. The summed E-state index contributed by atoms with van der Waals surface area (Å²) in [5.74, 6) is 1.62. The SMILES string of the molecule is O=C(COC(=O)C[C@@H]1C[C@@H]2CC[C@@H]1C2)NCCc1cccs1. The number of thiophene rings is 1. The Morgan fingerprint density at radius 3 is 2.91 bits per heavy atom. The molecule has 2 bridgehead atoms. The molecule has 0 radical (unpaired) electrons. The maximum atomic E-state index is 11.8. The number of amides is 1. The van der Waals surface area contributed by atoms with Gasteiger partial charge in [-0.1, -0.05) is 12.5 Å². The van der Waals surface area contributed by atoms with Gasteiger partial charge in [0.05, 0.1) is 0 Å². The van der Waals surface area contributed by atoms with Crippen molar-refractivity contribution < 1.29 is 14.3 Å². The molecule has 4 nitrogen and oxygen atoms in total. The summed E-state index contributed by atoms with van der Waals surface area (Å²) in [7, 11) is 0. The highest BCUT2D eigenvalue weighted by molar-refractivity contribution is 7.09. The Balaban J connectivity index is 1.28. The molecule has 22 heavy (non-hydrogen) atoms. The fourth-order valence-electron chi connectivity index (χ4n) is 3.88. The van der Waals surface area contributed by atoms with Gasteiger partial charge in [0.25, 0.3) is 5.91 Å². The summed E-state index contributed by atoms with van der Waals surface area (Å²) < 4.78 is 5.11. The summed E-state index contributed by atoms with van der Waals surface area (Å²) in [6.07, 6.45) is 6.38. The van der Waals surface area contributed by atoms with E-state index < -0.39 is 0 Å². The number of esters is 1. The zero-order valence-electron chi connectivity index (χ0n) is 12.8. The van der Waals surface area contributed by atoms with Gasteiger partial charge in [-0.3, -0.25) is 9.59 Å². The molecule has 0 aromatic carbocycles. The molecular formula is C17H23NO3S. The van der Waals surface area contributed by atoms with Crippen molar-refractivity contribution >= 4 is 23.2 Å². The van der Waals surface area contributed by atoms with Gasteiger partial charge < -0.3 is 10.1 Å². The van der Waals surface area contributed by atoms with Crippen molar-refractivity contribution in [1.29, 1.82) is 0 Å². The summed E-state index contributed by atoms with van der Waals surface area (Å²) in [6, 6.07) is 4.05. The molecule has 1 N–H and O–H groups in total. The molecule has 120 valence electrons. The molecule has 1 amide bonds. The molecule has 0 saturated heterocycles. The normalized spacial score (nSPS) is 26.1. The Labute approximate surface area is 135 Å². The summed E-state index contributed by atoms with van der Waals surface area (Å²) in [4.78, 5) is 24.7. The van der Waals surface area contributed by atoms with Crippen molar-refractivity contribution in [3.8, 4) is 0 Å². The largest absolute Gasteiger partial charge is 0.456 e. The van der Waals surface area contributed by atoms with E-state index in [2.05, 4.69) is 5.32 Å². The second kappa shape index (κ2) is 7.27. The van der Waals surface area contributed by atoms with Gasteiger partial charge in [0.1, 0.15) is 0 Å². The fourth-order valence-corrected chi connectivity index (χ4v) is 4.59. The van der Waals surface area contributed by atoms with Gasteiger partial charge in [0.15, 0.2) is 6.61 Å². The highest BCUT2D eigenvalue weighted by atomic mass is 32.1. The molecule has 2 aliphatic rings. The molecule has 0 spiro atoms. The third-order valence-electron chi connectivity index (χ3n) is 4.95. The average Bonchev–Trinajstić information content (AvgIpc) is 3.22. The average molecular weight is 321 g/mol. The molecule has 1 aromatic rings. The Hall–Kier alpha value is -1.36. The van der Waals surface area contributed by atoms with Gasteiger partial charge in [-0.25, -0.2) is 0 Å². The number of rotatable bonds is 7. The van der Waals surface area contributed by atoms with Crippen LogP contribution in [0.4, 0.5) is 0 Å². The van der Waals surface area contributed by atoms with Crippen molar-refractivity contribution in [3.05, 3.63) is 22.4 Å². The van der Waals surface area contributed by atoms with Gasteiger partial charge >= 0.3 is 5.97 Å². The predicted molar refractivity (Wildman–Crippen MR) is 85.5 cm³/mol. The fraction of sp³-hybridized carbons (Fsp3) is 0.647. The molecule has 1 aromatic heterocycles. The van der Waals surface area contributed by atoms with E-state index in [-0.39, 0.29) is 18.5 Å². The maximum absolute atomic E-state index is 11.8. The van der Waals surface area contributed by atoms with Gasteiger partial charge in [0, 0.05) is 17.8 Å². The number of hydrogen-bond donors (Lipinski definition) is 1. The molecule has 1 heterocycles. The first-order chi connectivity index (χ1) is 10.7. The molecule has 3 rings (SSSR count). The number of carbonyl (C=O) groups is 2. The van der Waals surface area contributed by atoms with E-state index in [1.165, 1.54) is 30.6 Å². The zero-order valence-corrected chi connectivity index (χ0v) is 13.6. The van der Waals surface area contributed by atoms with Crippen molar-refractivity contribution in [1.82, 2.24) is 5.32 Å². The summed E-state index contributed by atoms with van der Waals surface area (Å²) in [5, 5.41) is 4.81. The molecule has 5 heteroatoms. The number of ether oxygens (including phenoxy) is 1. The van der Waals surface area contributed by atoms with Crippen molar-refractivity contribution in [2.75, 3.05) is 13.2 Å². The monoisotopic (exact) mass is 321 g/mol. The Bertz CT molecular complexity index is 514. The maximum Gasteiger partial charge on any atom is 0.306 e. The van der Waals surface area contributed by atoms with Crippen LogP contribution in [0, 0.1) is 17.8 Å². The molecule has 3 atom stereocenters. The van der Waals surface area contributed by atoms with E-state index in [1.807, 2.05) is 17.5 Å². The minimum absolute atomic E-state index is 0.149.